The molecule has 0 saturated carbocycles. The third-order valence-corrected chi connectivity index (χ3v) is 2.93. The van der Waals surface area contributed by atoms with E-state index >= 15 is 0 Å². The number of nitrogens with zero attached hydrogens (tertiary/aromatic N) is 1. The second-order valence-electron chi connectivity index (χ2n) is 3.38. The van der Waals surface area contributed by atoms with Gasteiger partial charge in [-0.3, -0.25) is 0 Å². The number of carbonyl (C=O) groups is 1. The molecule has 0 bridgehead atoms. The second-order valence-corrected chi connectivity index (χ2v) is 5.25. The van der Waals surface area contributed by atoms with Crippen LogP contribution in [-0.2, 0) is 0 Å². The zero-order valence-corrected chi connectivity index (χ0v) is 10.2. The molecule has 3 N–H and O–H groups in total. The molecule has 0 fully saturated rings. The summed E-state index contributed by atoms with van der Waals surface area (Å²) in [5, 5.41) is -2.14. The fourth-order valence-electron chi connectivity index (χ4n) is 0.943. The first-order chi connectivity index (χ1) is 8.98. The van der Waals surface area contributed by atoms with E-state index in [-0.39, 0.29) is 0 Å². The van der Waals surface area contributed by atoms with Crippen LogP contribution >= 0.6 is 0 Å². The number of benzene rings is 1. The molecule has 0 aliphatic heterocycles. The topological polar surface area (TPSA) is 90.2 Å². The van der Waals surface area contributed by atoms with Crippen LogP contribution in [0.5, 0.6) is 5.75 Å². The lowest BCUT2D eigenvalue weighted by Crippen LogP contribution is -2.63. The third-order valence-electron chi connectivity index (χ3n) is 1.92. The molecular formula is C8H6F5NO5Si. The molecule has 1 aromatic rings. The summed E-state index contributed by atoms with van der Waals surface area (Å²) in [5.41, 5.74) is -5.38. The van der Waals surface area contributed by atoms with Gasteiger partial charge in [0.15, 0.2) is 11.6 Å². The molecular weight excluding hydrogens is 313 g/mol. The first-order valence-electron chi connectivity index (χ1n) is 4.65. The van der Waals surface area contributed by atoms with Gasteiger partial charge in [0.2, 0.25) is 5.82 Å². The number of halogens is 5. The molecule has 0 spiro atoms. The van der Waals surface area contributed by atoms with Crippen LogP contribution in [0, 0.1) is 11.6 Å². The fraction of sp³-hybridized carbons (Fsp3) is 0.125. The van der Waals surface area contributed by atoms with E-state index in [1.807, 2.05) is 0 Å². The van der Waals surface area contributed by atoms with E-state index in [1.165, 1.54) is 0 Å². The Labute approximate surface area is 108 Å². The summed E-state index contributed by atoms with van der Waals surface area (Å²) in [5.74, 6) is -4.46. The third kappa shape index (κ3) is 3.04. The highest BCUT2D eigenvalue weighted by molar-refractivity contribution is 6.59. The maximum Gasteiger partial charge on any atom is 0.595 e. The normalized spacial score (nSPS) is 12.2. The molecule has 0 radical (unpaired) electrons. The molecule has 6 nitrogen and oxygen atoms in total. The summed E-state index contributed by atoms with van der Waals surface area (Å²) in [6.45, 7) is 0. The number of hydrogen-bond acceptors (Lipinski definition) is 5. The SMILES string of the molecule is O=C(Oc1cccc(F)c1F)N(F)C(F)(F)[Si](O)(O)O. The fourth-order valence-corrected chi connectivity index (χ4v) is 1.30. The summed E-state index contributed by atoms with van der Waals surface area (Å²) < 4.78 is 68.2. The predicted molar refractivity (Wildman–Crippen MR) is 52.7 cm³/mol. The lowest BCUT2D eigenvalue weighted by Gasteiger charge is -2.25. The number of ether oxygens (including phenoxy) is 1. The average molecular weight is 319 g/mol. The first kappa shape index (κ1) is 16.3. The molecule has 1 aromatic carbocycles. The lowest BCUT2D eigenvalue weighted by atomic mass is 10.3. The number of hydrogen-bond donors (Lipinski definition) is 3. The molecule has 20 heavy (non-hydrogen) atoms. The van der Waals surface area contributed by atoms with Gasteiger partial charge in [-0.2, -0.15) is 13.2 Å². The second kappa shape index (κ2) is 5.32. The van der Waals surface area contributed by atoms with Crippen LogP contribution < -0.4 is 4.74 Å². The van der Waals surface area contributed by atoms with Crippen molar-refractivity contribution < 1.29 is 46.0 Å². The summed E-state index contributed by atoms with van der Waals surface area (Å²) in [6, 6.07) is 2.08. The molecule has 0 aliphatic rings. The van der Waals surface area contributed by atoms with Crippen molar-refractivity contribution in [2.45, 2.75) is 5.67 Å². The molecule has 112 valence electrons. The van der Waals surface area contributed by atoms with Crippen LogP contribution in [0.4, 0.5) is 26.8 Å². The van der Waals surface area contributed by atoms with E-state index in [1.54, 1.807) is 0 Å². The van der Waals surface area contributed by atoms with Gasteiger partial charge in [-0.05, 0) is 12.1 Å². The monoisotopic (exact) mass is 319 g/mol. The molecule has 1 amide bonds. The largest absolute Gasteiger partial charge is 0.595 e. The predicted octanol–water partition coefficient (Wildman–Crippen LogP) is 0.698. The zero-order chi connectivity index (χ0) is 15.7. The van der Waals surface area contributed by atoms with Crippen molar-refractivity contribution in [1.82, 2.24) is 5.12 Å². The maximum absolute atomic E-state index is 13.0. The van der Waals surface area contributed by atoms with Crippen molar-refractivity contribution in [2.24, 2.45) is 0 Å². The van der Waals surface area contributed by atoms with Crippen LogP contribution in [0.25, 0.3) is 0 Å². The number of carbonyl (C=O) groups excluding carboxylic acids is 1. The van der Waals surface area contributed by atoms with Crippen LogP contribution in [0.15, 0.2) is 18.2 Å². The van der Waals surface area contributed by atoms with Gasteiger partial charge in [0.05, 0.1) is 0 Å². The summed E-state index contributed by atoms with van der Waals surface area (Å²) in [7, 11) is -6.40. The maximum atomic E-state index is 13.0. The van der Waals surface area contributed by atoms with Crippen LogP contribution in [0.2, 0.25) is 0 Å². The van der Waals surface area contributed by atoms with Gasteiger partial charge in [-0.25, -0.2) is 9.18 Å². The molecule has 0 saturated heterocycles. The van der Waals surface area contributed by atoms with E-state index < -0.39 is 43.1 Å². The Morgan fingerprint density at radius 2 is 1.80 bits per heavy atom. The van der Waals surface area contributed by atoms with Gasteiger partial charge in [-0.15, -0.1) is 0 Å². The minimum Gasteiger partial charge on any atom is -0.405 e. The minimum atomic E-state index is -6.40. The van der Waals surface area contributed by atoms with Crippen molar-refractivity contribution in [3.8, 4) is 5.75 Å². The molecule has 0 atom stereocenters. The Hall–Kier alpha value is -1.76. The van der Waals surface area contributed by atoms with E-state index in [2.05, 4.69) is 4.74 Å². The Morgan fingerprint density at radius 3 is 2.30 bits per heavy atom. The van der Waals surface area contributed by atoms with Crippen LogP contribution in [0.1, 0.15) is 0 Å². The van der Waals surface area contributed by atoms with Crippen molar-refractivity contribution in [3.05, 3.63) is 29.8 Å². The van der Waals surface area contributed by atoms with Crippen molar-refractivity contribution in [2.75, 3.05) is 0 Å². The molecule has 1 rings (SSSR count). The summed E-state index contributed by atoms with van der Waals surface area (Å²) in [6.07, 6.45) is -2.59. The Bertz CT molecular complexity index is 522. The smallest absolute Gasteiger partial charge is 0.405 e. The van der Waals surface area contributed by atoms with Crippen LogP contribution in [0.3, 0.4) is 0 Å². The van der Waals surface area contributed by atoms with E-state index in [9.17, 15) is 26.8 Å². The van der Waals surface area contributed by atoms with Crippen molar-refractivity contribution in [3.63, 3.8) is 0 Å². The molecule has 0 aromatic heterocycles. The van der Waals surface area contributed by atoms with E-state index in [0.717, 1.165) is 6.07 Å². The Morgan fingerprint density at radius 1 is 1.25 bits per heavy atom. The number of rotatable bonds is 3. The lowest BCUT2D eigenvalue weighted by molar-refractivity contribution is -0.187. The zero-order valence-electron chi connectivity index (χ0n) is 9.23. The Balaban J connectivity index is 2.95. The van der Waals surface area contributed by atoms with Gasteiger partial charge >= 0.3 is 20.6 Å². The van der Waals surface area contributed by atoms with Gasteiger partial charge in [0.25, 0.3) is 0 Å². The van der Waals surface area contributed by atoms with E-state index in [4.69, 9.17) is 14.4 Å². The average Bonchev–Trinajstić information content (AvgIpc) is 2.32. The quantitative estimate of drug-likeness (QED) is 0.330. The van der Waals surface area contributed by atoms with Crippen LogP contribution in [-0.4, -0.2) is 40.1 Å². The highest BCUT2D eigenvalue weighted by Crippen LogP contribution is 2.28. The van der Waals surface area contributed by atoms with Crippen molar-refractivity contribution in [1.29, 1.82) is 0 Å². The minimum absolute atomic E-state index is 0.613. The number of amides is 1. The molecule has 0 aliphatic carbocycles. The Kier molecular flexibility index (Phi) is 4.33. The molecule has 0 unspecified atom stereocenters. The summed E-state index contributed by atoms with van der Waals surface area (Å²) in [4.78, 5) is 35.8. The highest BCUT2D eigenvalue weighted by atomic mass is 28.4. The standard InChI is InChI=1S/C8H6F5NO5Si/c9-4-2-1-3-5(6(4)10)19-7(15)14(13)8(11,12)20(16,17)18/h1-3,16-18H. The number of alkyl halides is 2. The van der Waals surface area contributed by atoms with Gasteiger partial charge in [0.1, 0.15) is 0 Å². The van der Waals surface area contributed by atoms with E-state index in [0.29, 0.717) is 12.1 Å². The van der Waals surface area contributed by atoms with Crippen molar-refractivity contribution >= 4 is 14.9 Å². The first-order valence-corrected chi connectivity index (χ1v) is 6.49. The molecule has 0 heterocycles. The van der Waals surface area contributed by atoms with Gasteiger partial charge in [-0.1, -0.05) is 15.7 Å². The highest BCUT2D eigenvalue weighted by Gasteiger charge is 2.65. The molecule has 12 heteroatoms. The van der Waals surface area contributed by atoms with Gasteiger partial charge in [0, 0.05) is 0 Å². The summed E-state index contributed by atoms with van der Waals surface area (Å²) >= 11 is 0. The van der Waals surface area contributed by atoms with Gasteiger partial charge < -0.3 is 19.1 Å².